The van der Waals surface area contributed by atoms with Crippen molar-refractivity contribution in [3.63, 3.8) is 0 Å². The van der Waals surface area contributed by atoms with Crippen LogP contribution < -0.4 is 4.90 Å². The second-order valence-electron chi connectivity index (χ2n) is 11.0. The average Bonchev–Trinajstić information content (AvgIpc) is 2.89. The smallest absolute Gasteiger partial charge is 0.0449 e. The third-order valence-electron chi connectivity index (χ3n) is 6.94. The van der Waals surface area contributed by atoms with Crippen LogP contribution in [0.4, 0.5) is 11.4 Å². The van der Waals surface area contributed by atoms with E-state index in [1.165, 1.54) is 50.3 Å². The van der Waals surface area contributed by atoms with Crippen LogP contribution in [0.1, 0.15) is 82.2 Å². The summed E-state index contributed by atoms with van der Waals surface area (Å²) in [5, 5.41) is 0. The Morgan fingerprint density at radius 1 is 0.774 bits per heavy atom. The molecule has 1 nitrogen and oxygen atoms in total. The Bertz CT molecular complexity index is 1140. The summed E-state index contributed by atoms with van der Waals surface area (Å²) in [6, 6.07) is 20.6. The standard InChI is InChI=1S/C30H37N/c1-19(2)22-14-12-15-24-28(22)23-17-21(4)27(18-25(23)30(24,8)9)31(29(5,6)7)26-16-11-10-13-20(26)3/h10-19H,1-9H3. The zero-order valence-electron chi connectivity index (χ0n) is 20.7. The Morgan fingerprint density at radius 3 is 2.06 bits per heavy atom. The number of hydrogen-bond donors (Lipinski definition) is 0. The lowest BCUT2D eigenvalue weighted by Gasteiger charge is -2.40. The lowest BCUT2D eigenvalue weighted by Crippen LogP contribution is -2.38. The second kappa shape index (κ2) is 7.26. The summed E-state index contributed by atoms with van der Waals surface area (Å²) in [6.45, 7) is 20.8. The molecule has 1 heteroatoms. The van der Waals surface area contributed by atoms with Crippen molar-refractivity contribution in [2.24, 2.45) is 0 Å². The highest BCUT2D eigenvalue weighted by Gasteiger charge is 2.38. The van der Waals surface area contributed by atoms with Crippen molar-refractivity contribution in [3.8, 4) is 11.1 Å². The minimum absolute atomic E-state index is 0.00664. The molecule has 0 aliphatic heterocycles. The van der Waals surface area contributed by atoms with E-state index in [2.05, 4.69) is 122 Å². The van der Waals surface area contributed by atoms with E-state index < -0.39 is 0 Å². The van der Waals surface area contributed by atoms with Crippen LogP contribution in [0.25, 0.3) is 11.1 Å². The largest absolute Gasteiger partial charge is 0.336 e. The maximum atomic E-state index is 2.53. The molecular formula is C30H37N. The van der Waals surface area contributed by atoms with Crippen LogP contribution in [-0.4, -0.2) is 5.54 Å². The number of fused-ring (bicyclic) bond motifs is 3. The lowest BCUT2D eigenvalue weighted by atomic mass is 9.81. The molecule has 0 atom stereocenters. The van der Waals surface area contributed by atoms with Crippen molar-refractivity contribution in [2.75, 3.05) is 4.90 Å². The fourth-order valence-corrected chi connectivity index (χ4v) is 5.35. The molecule has 0 spiro atoms. The van der Waals surface area contributed by atoms with Crippen molar-refractivity contribution in [2.45, 2.75) is 79.2 Å². The number of para-hydroxylation sites is 1. The zero-order valence-corrected chi connectivity index (χ0v) is 20.7. The summed E-state index contributed by atoms with van der Waals surface area (Å²) >= 11 is 0. The van der Waals surface area contributed by atoms with Gasteiger partial charge < -0.3 is 4.90 Å². The van der Waals surface area contributed by atoms with E-state index in [4.69, 9.17) is 0 Å². The molecule has 0 radical (unpaired) electrons. The van der Waals surface area contributed by atoms with E-state index in [9.17, 15) is 0 Å². The molecule has 0 fully saturated rings. The van der Waals surface area contributed by atoms with Crippen LogP contribution in [0.5, 0.6) is 0 Å². The molecule has 0 heterocycles. The summed E-state index contributed by atoms with van der Waals surface area (Å²) in [5.74, 6) is 0.509. The topological polar surface area (TPSA) is 3.24 Å². The van der Waals surface area contributed by atoms with Gasteiger partial charge in [0.15, 0.2) is 0 Å². The van der Waals surface area contributed by atoms with Crippen molar-refractivity contribution in [3.05, 3.63) is 82.4 Å². The van der Waals surface area contributed by atoms with Crippen molar-refractivity contribution >= 4 is 11.4 Å². The van der Waals surface area contributed by atoms with E-state index in [0.717, 1.165) is 0 Å². The molecule has 0 amide bonds. The molecule has 0 saturated carbocycles. The number of benzene rings is 3. The molecule has 0 aromatic heterocycles. The molecule has 0 N–H and O–H groups in total. The fourth-order valence-electron chi connectivity index (χ4n) is 5.35. The first-order valence-electron chi connectivity index (χ1n) is 11.6. The van der Waals surface area contributed by atoms with Crippen molar-refractivity contribution in [1.82, 2.24) is 0 Å². The summed E-state index contributed by atoms with van der Waals surface area (Å²) in [6.07, 6.45) is 0. The van der Waals surface area contributed by atoms with Crippen molar-refractivity contribution in [1.29, 1.82) is 0 Å². The number of nitrogens with zero attached hydrogens (tertiary/aromatic N) is 1. The van der Waals surface area contributed by atoms with E-state index in [0.29, 0.717) is 5.92 Å². The Hall–Kier alpha value is -2.54. The molecule has 1 aliphatic carbocycles. The van der Waals surface area contributed by atoms with Gasteiger partial charge in [-0.2, -0.15) is 0 Å². The highest BCUT2D eigenvalue weighted by molar-refractivity contribution is 5.87. The lowest BCUT2D eigenvalue weighted by molar-refractivity contribution is 0.557. The Morgan fingerprint density at radius 2 is 1.45 bits per heavy atom. The molecule has 0 unspecified atom stereocenters. The SMILES string of the molecule is Cc1ccccc1N(c1cc2c(cc1C)-c1c(C(C)C)cccc1C2(C)C)C(C)(C)C. The third-order valence-corrected chi connectivity index (χ3v) is 6.94. The quantitative estimate of drug-likeness (QED) is 0.417. The van der Waals surface area contributed by atoms with Gasteiger partial charge in [-0.3, -0.25) is 0 Å². The van der Waals surface area contributed by atoms with Gasteiger partial charge in [0.2, 0.25) is 0 Å². The van der Waals surface area contributed by atoms with E-state index >= 15 is 0 Å². The number of anilines is 2. The van der Waals surface area contributed by atoms with Crippen LogP contribution in [0.2, 0.25) is 0 Å². The predicted octanol–water partition coefficient (Wildman–Crippen LogP) is 8.67. The maximum absolute atomic E-state index is 2.53. The molecule has 0 saturated heterocycles. The van der Waals surface area contributed by atoms with E-state index in [1.54, 1.807) is 0 Å². The highest BCUT2D eigenvalue weighted by atomic mass is 15.2. The van der Waals surface area contributed by atoms with Gasteiger partial charge >= 0.3 is 0 Å². The van der Waals surface area contributed by atoms with Gasteiger partial charge in [-0.1, -0.05) is 64.1 Å². The fraction of sp³-hybridized carbons (Fsp3) is 0.400. The van der Waals surface area contributed by atoms with Gasteiger partial charge in [-0.15, -0.1) is 0 Å². The molecule has 0 bridgehead atoms. The summed E-state index contributed by atoms with van der Waals surface area (Å²) < 4.78 is 0. The number of hydrogen-bond acceptors (Lipinski definition) is 1. The second-order valence-corrected chi connectivity index (χ2v) is 11.0. The van der Waals surface area contributed by atoms with Crippen LogP contribution in [0, 0.1) is 13.8 Å². The molecule has 162 valence electrons. The van der Waals surface area contributed by atoms with Gasteiger partial charge in [0.1, 0.15) is 0 Å². The minimum atomic E-state index is -0.0379. The van der Waals surface area contributed by atoms with Gasteiger partial charge in [0, 0.05) is 22.3 Å². The van der Waals surface area contributed by atoms with E-state index in [1.807, 2.05) is 0 Å². The van der Waals surface area contributed by atoms with Crippen LogP contribution in [0.15, 0.2) is 54.6 Å². The highest BCUT2D eigenvalue weighted by Crippen LogP contribution is 2.53. The van der Waals surface area contributed by atoms with Gasteiger partial charge in [0.25, 0.3) is 0 Å². The molecular weight excluding hydrogens is 374 g/mol. The van der Waals surface area contributed by atoms with Gasteiger partial charge in [0.05, 0.1) is 0 Å². The Kier molecular flexibility index (Phi) is 5.08. The Labute approximate surface area is 189 Å². The van der Waals surface area contributed by atoms with Crippen molar-refractivity contribution < 1.29 is 0 Å². The minimum Gasteiger partial charge on any atom is -0.336 e. The first-order chi connectivity index (χ1) is 14.4. The van der Waals surface area contributed by atoms with E-state index in [-0.39, 0.29) is 11.0 Å². The molecule has 3 aromatic carbocycles. The predicted molar refractivity (Wildman–Crippen MR) is 136 cm³/mol. The first kappa shape index (κ1) is 21.7. The summed E-state index contributed by atoms with van der Waals surface area (Å²) in [5.41, 5.74) is 12.4. The molecule has 3 aromatic rings. The summed E-state index contributed by atoms with van der Waals surface area (Å²) in [7, 11) is 0. The van der Waals surface area contributed by atoms with Gasteiger partial charge in [-0.25, -0.2) is 0 Å². The number of rotatable bonds is 3. The molecule has 31 heavy (non-hydrogen) atoms. The normalized spacial score (nSPS) is 14.5. The maximum Gasteiger partial charge on any atom is 0.0449 e. The Balaban J connectivity index is 2.00. The number of aryl methyl sites for hydroxylation is 2. The third kappa shape index (κ3) is 3.39. The monoisotopic (exact) mass is 411 g/mol. The van der Waals surface area contributed by atoms with Crippen LogP contribution in [0.3, 0.4) is 0 Å². The summed E-state index contributed by atoms with van der Waals surface area (Å²) in [4.78, 5) is 2.53. The molecule has 4 rings (SSSR count). The van der Waals surface area contributed by atoms with Crippen LogP contribution >= 0.6 is 0 Å². The molecule has 1 aliphatic rings. The first-order valence-corrected chi connectivity index (χ1v) is 11.6. The average molecular weight is 412 g/mol. The zero-order chi connectivity index (χ0) is 22.7. The van der Waals surface area contributed by atoms with Gasteiger partial charge in [-0.05, 0) is 97.7 Å². The van der Waals surface area contributed by atoms with Crippen LogP contribution in [-0.2, 0) is 5.41 Å².